The molecule has 5 nitrogen and oxygen atoms in total. The Bertz CT molecular complexity index is 665. The van der Waals surface area contributed by atoms with Crippen molar-refractivity contribution < 1.29 is 13.9 Å². The third-order valence-electron chi connectivity index (χ3n) is 2.81. The van der Waals surface area contributed by atoms with Gasteiger partial charge in [-0.1, -0.05) is 12.1 Å². The number of anilines is 1. The summed E-state index contributed by atoms with van der Waals surface area (Å²) in [4.78, 5) is 15.6. The number of hydrazone groups is 1. The van der Waals surface area contributed by atoms with Crippen molar-refractivity contribution in [2.75, 3.05) is 12.0 Å². The van der Waals surface area contributed by atoms with Crippen molar-refractivity contribution in [2.45, 2.75) is 20.3 Å². The van der Waals surface area contributed by atoms with E-state index in [2.05, 4.69) is 15.5 Å². The van der Waals surface area contributed by atoms with Crippen LogP contribution in [-0.2, 0) is 16.0 Å². The molecule has 0 saturated carbocycles. The number of ether oxygens (including phenoxy) is 1. The van der Waals surface area contributed by atoms with E-state index in [1.807, 2.05) is 13.0 Å². The minimum atomic E-state index is -0.326. The lowest BCUT2D eigenvalue weighted by Gasteiger charge is -2.00. The summed E-state index contributed by atoms with van der Waals surface area (Å²) in [5.74, 6) is -0.641. The van der Waals surface area contributed by atoms with E-state index in [0.717, 1.165) is 5.56 Å². The third-order valence-corrected chi connectivity index (χ3v) is 3.60. The second kappa shape index (κ2) is 7.65. The molecule has 0 aliphatic rings. The van der Waals surface area contributed by atoms with Crippen LogP contribution in [0.4, 0.5) is 9.52 Å². The van der Waals surface area contributed by atoms with Crippen molar-refractivity contribution in [3.63, 3.8) is 0 Å². The minimum Gasteiger partial charge on any atom is -0.466 e. The number of carbonyl (C=O) groups is 1. The fourth-order valence-electron chi connectivity index (χ4n) is 1.76. The van der Waals surface area contributed by atoms with Gasteiger partial charge in [0.1, 0.15) is 5.82 Å². The summed E-state index contributed by atoms with van der Waals surface area (Å²) in [5, 5.41) is 6.26. The average molecular weight is 321 g/mol. The van der Waals surface area contributed by atoms with Gasteiger partial charge in [0.15, 0.2) is 0 Å². The molecule has 0 bridgehead atoms. The third kappa shape index (κ3) is 4.36. The second-order valence-corrected chi connectivity index (χ2v) is 5.32. The van der Waals surface area contributed by atoms with Crippen LogP contribution in [-0.4, -0.2) is 23.8 Å². The molecule has 0 amide bonds. The van der Waals surface area contributed by atoms with Crippen LogP contribution in [0.3, 0.4) is 0 Å². The second-order valence-electron chi connectivity index (χ2n) is 4.47. The molecule has 22 heavy (non-hydrogen) atoms. The molecule has 116 valence electrons. The van der Waals surface area contributed by atoms with Gasteiger partial charge in [0.25, 0.3) is 0 Å². The van der Waals surface area contributed by atoms with Crippen molar-refractivity contribution in [3.8, 4) is 0 Å². The van der Waals surface area contributed by atoms with Crippen molar-refractivity contribution in [2.24, 2.45) is 5.10 Å². The summed E-state index contributed by atoms with van der Waals surface area (Å²) >= 11 is 1.32. The number of halogens is 1. The maximum Gasteiger partial charge on any atom is 0.311 e. The normalized spacial score (nSPS) is 10.9. The van der Waals surface area contributed by atoms with E-state index < -0.39 is 0 Å². The summed E-state index contributed by atoms with van der Waals surface area (Å²) < 4.78 is 18.5. The molecule has 0 unspecified atom stereocenters. The molecule has 1 aromatic carbocycles. The summed E-state index contributed by atoms with van der Waals surface area (Å²) in [6, 6.07) is 4.85. The fraction of sp³-hybridized carbons (Fsp3) is 0.267. The largest absolute Gasteiger partial charge is 0.466 e. The first-order valence-corrected chi connectivity index (χ1v) is 7.62. The van der Waals surface area contributed by atoms with Crippen molar-refractivity contribution >= 4 is 28.7 Å². The highest BCUT2D eigenvalue weighted by Crippen LogP contribution is 2.16. The Hall–Kier alpha value is -2.28. The Labute approximate surface area is 131 Å². The van der Waals surface area contributed by atoms with Gasteiger partial charge in [-0.15, -0.1) is 11.3 Å². The van der Waals surface area contributed by atoms with Gasteiger partial charge in [-0.3, -0.25) is 10.2 Å². The quantitative estimate of drug-likeness (QED) is 0.504. The number of aryl methyl sites for hydroxylation is 1. The van der Waals surface area contributed by atoms with Crippen molar-refractivity contribution in [1.29, 1.82) is 0 Å². The summed E-state index contributed by atoms with van der Waals surface area (Å²) in [5.41, 5.74) is 4.57. The predicted molar refractivity (Wildman–Crippen MR) is 84.8 cm³/mol. The summed E-state index contributed by atoms with van der Waals surface area (Å²) in [6.07, 6.45) is 1.54. The number of hydrogen-bond acceptors (Lipinski definition) is 6. The SMILES string of the molecule is CCOC(=O)Cc1csc(NN=Cc2c(C)cccc2F)n1. The number of carbonyl (C=O) groups excluding carboxylic acids is 1. The molecule has 2 rings (SSSR count). The first-order chi connectivity index (χ1) is 10.6. The van der Waals surface area contributed by atoms with E-state index in [1.54, 1.807) is 18.4 Å². The van der Waals surface area contributed by atoms with Crippen LogP contribution < -0.4 is 5.43 Å². The molecule has 0 saturated heterocycles. The van der Waals surface area contributed by atoms with E-state index in [0.29, 0.717) is 23.0 Å². The lowest BCUT2D eigenvalue weighted by atomic mass is 10.1. The van der Waals surface area contributed by atoms with Gasteiger partial charge in [-0.2, -0.15) is 5.10 Å². The first-order valence-electron chi connectivity index (χ1n) is 6.74. The van der Waals surface area contributed by atoms with E-state index in [9.17, 15) is 9.18 Å². The lowest BCUT2D eigenvalue weighted by molar-refractivity contribution is -0.142. The highest BCUT2D eigenvalue weighted by molar-refractivity contribution is 7.13. The average Bonchev–Trinajstić information content (AvgIpc) is 2.90. The molecule has 0 radical (unpaired) electrons. The van der Waals surface area contributed by atoms with Gasteiger partial charge in [-0.25, -0.2) is 9.37 Å². The maximum absolute atomic E-state index is 13.6. The van der Waals surface area contributed by atoms with Gasteiger partial charge >= 0.3 is 5.97 Å². The van der Waals surface area contributed by atoms with Crippen LogP contribution in [0, 0.1) is 12.7 Å². The standard InChI is InChI=1S/C15H16FN3O2S/c1-3-21-14(20)7-11-9-22-15(18-11)19-17-8-12-10(2)5-4-6-13(12)16/h4-6,8-9H,3,7H2,1-2H3,(H,18,19). The minimum absolute atomic E-state index is 0.127. The monoisotopic (exact) mass is 321 g/mol. The van der Waals surface area contributed by atoms with Crippen LogP contribution in [0.25, 0.3) is 0 Å². The number of nitrogens with zero attached hydrogens (tertiary/aromatic N) is 2. The van der Waals surface area contributed by atoms with Crippen LogP contribution >= 0.6 is 11.3 Å². The van der Waals surface area contributed by atoms with E-state index in [4.69, 9.17) is 4.74 Å². The Balaban J connectivity index is 1.96. The van der Waals surface area contributed by atoms with Crippen LogP contribution in [0.15, 0.2) is 28.7 Å². The maximum atomic E-state index is 13.6. The van der Waals surface area contributed by atoms with Gasteiger partial charge in [0.2, 0.25) is 5.13 Å². The Morgan fingerprint density at radius 1 is 1.55 bits per heavy atom. The lowest BCUT2D eigenvalue weighted by Crippen LogP contribution is -2.07. The first kappa shape index (κ1) is 16.1. The Morgan fingerprint density at radius 3 is 3.09 bits per heavy atom. The number of thiazole rings is 1. The predicted octanol–water partition coefficient (Wildman–Crippen LogP) is 3.14. The van der Waals surface area contributed by atoms with E-state index in [1.165, 1.54) is 23.6 Å². The van der Waals surface area contributed by atoms with Gasteiger partial charge < -0.3 is 4.74 Å². The van der Waals surface area contributed by atoms with E-state index in [-0.39, 0.29) is 18.2 Å². The molecule has 1 aromatic heterocycles. The number of aromatic nitrogens is 1. The van der Waals surface area contributed by atoms with Gasteiger partial charge in [-0.05, 0) is 25.5 Å². The molecule has 0 atom stereocenters. The molecule has 0 aliphatic heterocycles. The Morgan fingerprint density at radius 2 is 2.36 bits per heavy atom. The number of hydrogen-bond donors (Lipinski definition) is 1. The molecule has 2 aromatic rings. The fourth-order valence-corrected chi connectivity index (χ4v) is 2.42. The molecule has 1 heterocycles. The topological polar surface area (TPSA) is 63.6 Å². The molecule has 1 N–H and O–H groups in total. The number of benzene rings is 1. The van der Waals surface area contributed by atoms with Gasteiger partial charge in [0, 0.05) is 10.9 Å². The molecule has 0 aliphatic carbocycles. The zero-order valence-electron chi connectivity index (χ0n) is 12.3. The zero-order valence-corrected chi connectivity index (χ0v) is 13.1. The molecular formula is C15H16FN3O2S. The molecule has 7 heteroatoms. The van der Waals surface area contributed by atoms with E-state index >= 15 is 0 Å². The number of nitrogens with one attached hydrogen (secondary N) is 1. The highest BCUT2D eigenvalue weighted by Gasteiger charge is 2.08. The zero-order chi connectivity index (χ0) is 15.9. The van der Waals surface area contributed by atoms with Crippen molar-refractivity contribution in [1.82, 2.24) is 4.98 Å². The van der Waals surface area contributed by atoms with Crippen LogP contribution in [0.1, 0.15) is 23.7 Å². The molecule has 0 spiro atoms. The van der Waals surface area contributed by atoms with Crippen molar-refractivity contribution in [3.05, 3.63) is 46.2 Å². The molecule has 0 fully saturated rings. The number of rotatable bonds is 6. The smallest absolute Gasteiger partial charge is 0.311 e. The summed E-state index contributed by atoms with van der Waals surface area (Å²) in [7, 11) is 0. The van der Waals surface area contributed by atoms with Gasteiger partial charge in [0.05, 0.1) is 24.9 Å². The molecular weight excluding hydrogens is 305 g/mol. The number of esters is 1. The summed E-state index contributed by atoms with van der Waals surface area (Å²) in [6.45, 7) is 3.91. The highest BCUT2D eigenvalue weighted by atomic mass is 32.1. The van der Waals surface area contributed by atoms with Crippen LogP contribution in [0.2, 0.25) is 0 Å². The Kier molecular flexibility index (Phi) is 5.60. The van der Waals surface area contributed by atoms with Crippen LogP contribution in [0.5, 0.6) is 0 Å².